The molecule has 1 aromatic carbocycles. The summed E-state index contributed by atoms with van der Waals surface area (Å²) >= 11 is 12.1. The van der Waals surface area contributed by atoms with Crippen LogP contribution < -0.4 is 14.8 Å². The molecule has 2 aromatic rings. The van der Waals surface area contributed by atoms with Crippen LogP contribution in [-0.4, -0.2) is 29.9 Å². The lowest BCUT2D eigenvalue weighted by molar-refractivity contribution is 0.102. The van der Waals surface area contributed by atoms with Gasteiger partial charge in [-0.25, -0.2) is 0 Å². The number of hydrogen-bond donors (Lipinski definition) is 1. The molecule has 0 unspecified atom stereocenters. The number of nitrogens with one attached hydrogen (secondary N) is 1. The number of anilines is 1. The molecule has 6 nitrogen and oxygen atoms in total. The highest BCUT2D eigenvalue weighted by atomic mass is 35.5. The molecular weight excluding hydrogens is 329 g/mol. The van der Waals surface area contributed by atoms with Crippen molar-refractivity contribution < 1.29 is 14.3 Å². The summed E-state index contributed by atoms with van der Waals surface area (Å²) in [5.41, 5.74) is 1.25. The molecule has 118 valence electrons. The zero-order chi connectivity index (χ0) is 16.4. The van der Waals surface area contributed by atoms with E-state index in [-0.39, 0.29) is 5.69 Å². The Kier molecular flexibility index (Phi) is 4.83. The molecule has 0 fully saturated rings. The van der Waals surface area contributed by atoms with Crippen LogP contribution in [0.4, 0.5) is 5.69 Å². The molecule has 1 amide bonds. The van der Waals surface area contributed by atoms with Gasteiger partial charge in [-0.05, 0) is 6.92 Å². The second-order valence-electron chi connectivity index (χ2n) is 4.51. The Hall–Kier alpha value is -1.92. The molecule has 1 aromatic heterocycles. The molecular formula is C14H15Cl2N3O3. The van der Waals surface area contributed by atoms with Crippen molar-refractivity contribution in [3.8, 4) is 11.5 Å². The van der Waals surface area contributed by atoms with Crippen LogP contribution in [0.5, 0.6) is 11.5 Å². The number of hydrogen-bond acceptors (Lipinski definition) is 4. The van der Waals surface area contributed by atoms with Gasteiger partial charge in [0, 0.05) is 19.2 Å². The van der Waals surface area contributed by atoms with Gasteiger partial charge in [-0.3, -0.25) is 9.48 Å². The zero-order valence-corrected chi connectivity index (χ0v) is 14.0. The number of rotatable bonds is 4. The van der Waals surface area contributed by atoms with E-state index < -0.39 is 5.91 Å². The maximum absolute atomic E-state index is 12.4. The fraction of sp³-hybridized carbons (Fsp3) is 0.286. The second-order valence-corrected chi connectivity index (χ2v) is 5.30. The molecule has 0 bridgehead atoms. The average Bonchev–Trinajstić information content (AvgIpc) is 2.76. The third-order valence-corrected chi connectivity index (χ3v) is 3.95. The first-order chi connectivity index (χ1) is 10.4. The standard InChI is InChI=1S/C14H15Cl2N3O3/c1-7-12(16)13(18-19(7)2)14(20)17-9-6-10(21-3)8(15)5-11(9)22-4/h5-6H,1-4H3,(H,17,20). The monoisotopic (exact) mass is 343 g/mol. The summed E-state index contributed by atoms with van der Waals surface area (Å²) in [6, 6.07) is 3.13. The van der Waals surface area contributed by atoms with Crippen molar-refractivity contribution in [3.05, 3.63) is 33.6 Å². The van der Waals surface area contributed by atoms with Crippen molar-refractivity contribution in [1.82, 2.24) is 9.78 Å². The van der Waals surface area contributed by atoms with Crippen LogP contribution in [0, 0.1) is 6.92 Å². The molecule has 0 spiro atoms. The van der Waals surface area contributed by atoms with Crippen LogP contribution in [0.25, 0.3) is 0 Å². The Morgan fingerprint density at radius 3 is 2.36 bits per heavy atom. The zero-order valence-electron chi connectivity index (χ0n) is 12.5. The number of ether oxygens (including phenoxy) is 2. The Morgan fingerprint density at radius 2 is 1.86 bits per heavy atom. The summed E-state index contributed by atoms with van der Waals surface area (Å²) in [5.74, 6) is 0.375. The topological polar surface area (TPSA) is 65.4 Å². The molecule has 22 heavy (non-hydrogen) atoms. The molecule has 0 aliphatic heterocycles. The number of nitrogens with zero attached hydrogens (tertiary/aromatic N) is 2. The van der Waals surface area contributed by atoms with Crippen molar-refractivity contribution in [2.45, 2.75) is 6.92 Å². The molecule has 0 aliphatic carbocycles. The number of aromatic nitrogens is 2. The Labute approximate surface area is 137 Å². The minimum atomic E-state index is -0.448. The lowest BCUT2D eigenvalue weighted by Crippen LogP contribution is -2.14. The molecule has 0 saturated heterocycles. The van der Waals surface area contributed by atoms with Gasteiger partial charge in [0.25, 0.3) is 5.91 Å². The Morgan fingerprint density at radius 1 is 1.23 bits per heavy atom. The summed E-state index contributed by atoms with van der Waals surface area (Å²) in [6.07, 6.45) is 0. The predicted molar refractivity (Wildman–Crippen MR) is 85.5 cm³/mol. The summed E-state index contributed by atoms with van der Waals surface area (Å²) in [4.78, 5) is 12.4. The van der Waals surface area contributed by atoms with Gasteiger partial charge >= 0.3 is 0 Å². The molecule has 8 heteroatoms. The lowest BCUT2D eigenvalue weighted by Gasteiger charge is -2.12. The maximum atomic E-state index is 12.4. The first-order valence-electron chi connectivity index (χ1n) is 6.31. The van der Waals surface area contributed by atoms with E-state index in [1.165, 1.54) is 18.9 Å². The van der Waals surface area contributed by atoms with Crippen molar-refractivity contribution in [3.63, 3.8) is 0 Å². The predicted octanol–water partition coefficient (Wildman–Crippen LogP) is 3.30. The Bertz CT molecular complexity index is 729. The number of halogens is 2. The fourth-order valence-electron chi connectivity index (χ4n) is 1.87. The second kappa shape index (κ2) is 6.46. The van der Waals surface area contributed by atoms with Gasteiger partial charge in [-0.2, -0.15) is 5.10 Å². The first-order valence-corrected chi connectivity index (χ1v) is 7.06. The Balaban J connectivity index is 2.37. The van der Waals surface area contributed by atoms with Crippen LogP contribution in [0.1, 0.15) is 16.2 Å². The first kappa shape index (κ1) is 16.5. The summed E-state index contributed by atoms with van der Waals surface area (Å²) in [7, 11) is 4.67. The number of aryl methyl sites for hydroxylation is 1. The van der Waals surface area contributed by atoms with Gasteiger partial charge < -0.3 is 14.8 Å². The van der Waals surface area contributed by atoms with E-state index in [4.69, 9.17) is 32.7 Å². The molecule has 0 radical (unpaired) electrons. The molecule has 1 N–H and O–H groups in total. The maximum Gasteiger partial charge on any atom is 0.277 e. The summed E-state index contributed by atoms with van der Waals surface area (Å²) < 4.78 is 11.9. The van der Waals surface area contributed by atoms with E-state index in [1.54, 1.807) is 26.1 Å². The number of benzene rings is 1. The lowest BCUT2D eigenvalue weighted by atomic mass is 10.2. The quantitative estimate of drug-likeness (QED) is 0.924. The highest BCUT2D eigenvalue weighted by Gasteiger charge is 2.20. The molecule has 0 aliphatic rings. The van der Waals surface area contributed by atoms with Gasteiger partial charge in [0.2, 0.25) is 0 Å². The van der Waals surface area contributed by atoms with E-state index in [9.17, 15) is 4.79 Å². The largest absolute Gasteiger partial charge is 0.495 e. The van der Waals surface area contributed by atoms with Crippen LogP contribution in [0.15, 0.2) is 12.1 Å². The van der Waals surface area contributed by atoms with E-state index in [1.807, 2.05) is 0 Å². The average molecular weight is 344 g/mol. The van der Waals surface area contributed by atoms with Gasteiger partial charge in [-0.1, -0.05) is 23.2 Å². The highest BCUT2D eigenvalue weighted by molar-refractivity contribution is 6.35. The van der Waals surface area contributed by atoms with E-state index >= 15 is 0 Å². The van der Waals surface area contributed by atoms with E-state index in [2.05, 4.69) is 10.4 Å². The number of amides is 1. The third kappa shape index (κ3) is 2.98. The molecule has 2 rings (SSSR count). The van der Waals surface area contributed by atoms with Gasteiger partial charge in [0.15, 0.2) is 5.69 Å². The van der Waals surface area contributed by atoms with Crippen LogP contribution >= 0.6 is 23.2 Å². The number of carbonyl (C=O) groups is 1. The highest BCUT2D eigenvalue weighted by Crippen LogP contribution is 2.36. The minimum Gasteiger partial charge on any atom is -0.495 e. The normalized spacial score (nSPS) is 10.5. The van der Waals surface area contributed by atoms with Crippen molar-refractivity contribution >= 4 is 34.8 Å². The summed E-state index contributed by atoms with van der Waals surface area (Å²) in [5, 5.41) is 7.48. The van der Waals surface area contributed by atoms with Gasteiger partial charge in [-0.15, -0.1) is 0 Å². The van der Waals surface area contributed by atoms with Crippen molar-refractivity contribution in [2.24, 2.45) is 7.05 Å². The van der Waals surface area contributed by atoms with Crippen molar-refractivity contribution in [2.75, 3.05) is 19.5 Å². The molecule has 1 heterocycles. The van der Waals surface area contributed by atoms with Crippen molar-refractivity contribution in [1.29, 1.82) is 0 Å². The smallest absolute Gasteiger partial charge is 0.277 e. The molecule has 0 atom stereocenters. The van der Waals surface area contributed by atoms with Crippen LogP contribution in [0.2, 0.25) is 10.0 Å². The number of carbonyl (C=O) groups excluding carboxylic acids is 1. The van der Waals surface area contributed by atoms with Crippen LogP contribution in [-0.2, 0) is 7.05 Å². The van der Waals surface area contributed by atoms with Gasteiger partial charge in [0.1, 0.15) is 11.5 Å². The summed E-state index contributed by atoms with van der Waals surface area (Å²) in [6.45, 7) is 1.78. The SMILES string of the molecule is COc1cc(NC(=O)c2nn(C)c(C)c2Cl)c(OC)cc1Cl. The van der Waals surface area contributed by atoms with E-state index in [0.717, 1.165) is 0 Å². The third-order valence-electron chi connectivity index (χ3n) is 3.20. The van der Waals surface area contributed by atoms with Crippen LogP contribution in [0.3, 0.4) is 0 Å². The fourth-order valence-corrected chi connectivity index (χ4v) is 2.34. The van der Waals surface area contributed by atoms with Gasteiger partial charge in [0.05, 0.1) is 35.6 Å². The van der Waals surface area contributed by atoms with E-state index in [0.29, 0.717) is 32.9 Å². The number of methoxy groups -OCH3 is 2. The molecule has 0 saturated carbocycles. The minimum absolute atomic E-state index is 0.137.